The summed E-state index contributed by atoms with van der Waals surface area (Å²) in [5.74, 6) is 0.811. The Bertz CT molecular complexity index is 1020. The van der Waals surface area contributed by atoms with Crippen molar-refractivity contribution in [3.8, 4) is 6.07 Å². The van der Waals surface area contributed by atoms with Gasteiger partial charge < -0.3 is 20.4 Å². The van der Waals surface area contributed by atoms with Crippen LogP contribution in [-0.4, -0.2) is 59.8 Å². The van der Waals surface area contributed by atoms with Crippen LogP contribution in [0.25, 0.3) is 0 Å². The molecule has 30 heavy (non-hydrogen) atoms. The van der Waals surface area contributed by atoms with E-state index in [-0.39, 0.29) is 11.9 Å². The second-order valence-corrected chi connectivity index (χ2v) is 8.97. The molecule has 0 saturated carbocycles. The van der Waals surface area contributed by atoms with Gasteiger partial charge in [0.05, 0.1) is 34.3 Å². The molecule has 4 rings (SSSR count). The number of nitrogens with zero attached hydrogens (tertiary/aromatic N) is 5. The van der Waals surface area contributed by atoms with Gasteiger partial charge in [-0.3, -0.25) is 4.79 Å². The highest BCUT2D eigenvalue weighted by molar-refractivity contribution is 7.10. The van der Waals surface area contributed by atoms with Crippen LogP contribution in [0.4, 0.5) is 5.69 Å². The Morgan fingerprint density at radius 2 is 2.20 bits per heavy atom. The number of hydrogen-bond donors (Lipinski definition) is 1. The summed E-state index contributed by atoms with van der Waals surface area (Å²) in [6.07, 6.45) is 2.03. The number of aliphatic imine (C=N–C) groups is 1. The molecule has 1 aromatic heterocycles. The zero-order valence-corrected chi connectivity index (χ0v) is 18.2. The third kappa shape index (κ3) is 3.91. The number of carbonyl (C=O) groups is 1. The first-order valence-corrected chi connectivity index (χ1v) is 11.0. The average molecular weight is 423 g/mol. The maximum Gasteiger partial charge on any atom is 0.256 e. The molecule has 7 nitrogen and oxygen atoms in total. The number of piperidine rings is 1. The molecular formula is C22H26N6OS. The molecule has 2 aliphatic heterocycles. The first kappa shape index (κ1) is 20.4. The molecule has 0 aliphatic carbocycles. The maximum atomic E-state index is 12.6. The number of nitrogens with two attached hydrogens (primary N) is 1. The van der Waals surface area contributed by atoms with Crippen LogP contribution in [0.3, 0.4) is 0 Å². The molecule has 2 N–H and O–H groups in total. The first-order chi connectivity index (χ1) is 14.5. The summed E-state index contributed by atoms with van der Waals surface area (Å²) in [7, 11) is 3.52. The fourth-order valence-electron chi connectivity index (χ4n) is 4.00. The molecule has 1 amide bonds. The predicted molar refractivity (Wildman–Crippen MR) is 119 cm³/mol. The molecule has 8 heteroatoms. The highest BCUT2D eigenvalue weighted by Gasteiger charge is 2.31. The smallest absolute Gasteiger partial charge is 0.256 e. The van der Waals surface area contributed by atoms with E-state index in [1.807, 2.05) is 29.6 Å². The van der Waals surface area contributed by atoms with E-state index >= 15 is 0 Å². The quantitative estimate of drug-likeness (QED) is 0.822. The fraction of sp³-hybridized carbons (Fsp3) is 0.409. The number of carbonyl (C=O) groups excluding carboxylic acids is 1. The molecule has 1 aromatic carbocycles. The lowest BCUT2D eigenvalue weighted by Crippen LogP contribution is -2.52. The zero-order chi connectivity index (χ0) is 21.3. The lowest BCUT2D eigenvalue weighted by molar-refractivity contribution is 0.0828. The highest BCUT2D eigenvalue weighted by atomic mass is 32.1. The number of likely N-dealkylation sites (tertiary alicyclic amines) is 1. The van der Waals surface area contributed by atoms with Crippen molar-refractivity contribution in [3.05, 3.63) is 51.2 Å². The maximum absolute atomic E-state index is 12.6. The van der Waals surface area contributed by atoms with Crippen LogP contribution in [0.15, 0.2) is 34.6 Å². The summed E-state index contributed by atoms with van der Waals surface area (Å²) in [4.78, 5) is 24.7. The van der Waals surface area contributed by atoms with E-state index < -0.39 is 0 Å². The summed E-state index contributed by atoms with van der Waals surface area (Å²) in [5, 5.41) is 11.4. The summed E-state index contributed by atoms with van der Waals surface area (Å²) in [6.45, 7) is 2.87. The SMILES string of the molecule is CN(C)C(=O)c1csc2c1N=C(N1CCCC(N)C1)N(Cc1ccccc1C#N)C2. The number of guanidine groups is 1. The van der Waals surface area contributed by atoms with Crippen LogP contribution >= 0.6 is 11.3 Å². The molecular weight excluding hydrogens is 396 g/mol. The molecule has 1 unspecified atom stereocenters. The molecule has 1 fully saturated rings. The van der Waals surface area contributed by atoms with Crippen molar-refractivity contribution in [2.45, 2.75) is 32.0 Å². The number of nitriles is 1. The fourth-order valence-corrected chi connectivity index (χ4v) is 4.97. The number of fused-ring (bicyclic) bond motifs is 1. The standard InChI is InChI=1S/C22H26N6OS/c1-26(2)21(29)18-14-30-19-13-28(11-16-7-4-3-6-15(16)10-23)22(25-20(18)19)27-9-5-8-17(24)12-27/h3-4,6-7,14,17H,5,8-9,11-13,24H2,1-2H3. The van der Waals surface area contributed by atoms with Crippen molar-refractivity contribution in [1.82, 2.24) is 14.7 Å². The third-order valence-electron chi connectivity index (χ3n) is 5.54. The molecule has 1 saturated heterocycles. The Balaban J connectivity index is 1.73. The van der Waals surface area contributed by atoms with Gasteiger partial charge in [0, 0.05) is 45.2 Å². The van der Waals surface area contributed by atoms with Crippen LogP contribution in [0, 0.1) is 11.3 Å². The number of hydrogen-bond acceptors (Lipinski definition) is 7. The van der Waals surface area contributed by atoms with Gasteiger partial charge in [0.2, 0.25) is 5.96 Å². The number of thiophene rings is 1. The molecule has 3 heterocycles. The third-order valence-corrected chi connectivity index (χ3v) is 6.50. The molecule has 2 aliphatic rings. The number of benzene rings is 1. The molecule has 0 radical (unpaired) electrons. The van der Waals surface area contributed by atoms with Crippen LogP contribution in [-0.2, 0) is 13.1 Å². The second kappa shape index (κ2) is 8.46. The van der Waals surface area contributed by atoms with Crippen LogP contribution < -0.4 is 5.73 Å². The normalized spacial score (nSPS) is 18.5. The molecule has 2 aromatic rings. The van der Waals surface area contributed by atoms with Crippen molar-refractivity contribution >= 4 is 28.9 Å². The van der Waals surface area contributed by atoms with Gasteiger partial charge in [-0.2, -0.15) is 5.26 Å². The largest absolute Gasteiger partial charge is 0.345 e. The molecule has 0 bridgehead atoms. The van der Waals surface area contributed by atoms with E-state index in [4.69, 9.17) is 10.7 Å². The first-order valence-electron chi connectivity index (χ1n) is 10.1. The van der Waals surface area contributed by atoms with E-state index in [2.05, 4.69) is 15.9 Å². The van der Waals surface area contributed by atoms with Gasteiger partial charge in [0.25, 0.3) is 5.91 Å². The molecule has 1 atom stereocenters. The van der Waals surface area contributed by atoms with E-state index in [9.17, 15) is 10.1 Å². The predicted octanol–water partition coefficient (Wildman–Crippen LogP) is 2.75. The summed E-state index contributed by atoms with van der Waals surface area (Å²) >= 11 is 1.57. The van der Waals surface area contributed by atoms with Crippen molar-refractivity contribution in [1.29, 1.82) is 5.26 Å². The molecule has 0 spiro atoms. The minimum Gasteiger partial charge on any atom is -0.345 e. The van der Waals surface area contributed by atoms with E-state index in [0.29, 0.717) is 24.2 Å². The zero-order valence-electron chi connectivity index (χ0n) is 17.3. The van der Waals surface area contributed by atoms with Gasteiger partial charge in [-0.25, -0.2) is 4.99 Å². The Morgan fingerprint density at radius 1 is 1.40 bits per heavy atom. The van der Waals surface area contributed by atoms with Crippen LogP contribution in [0.2, 0.25) is 0 Å². The minimum atomic E-state index is -0.0331. The Labute approximate surface area is 181 Å². The molecule has 156 valence electrons. The van der Waals surface area contributed by atoms with Gasteiger partial charge >= 0.3 is 0 Å². The van der Waals surface area contributed by atoms with Crippen molar-refractivity contribution < 1.29 is 4.79 Å². The highest BCUT2D eigenvalue weighted by Crippen LogP contribution is 2.37. The van der Waals surface area contributed by atoms with E-state index in [0.717, 1.165) is 48.0 Å². The summed E-state index contributed by atoms with van der Waals surface area (Å²) in [6, 6.07) is 10.1. The van der Waals surface area contributed by atoms with Gasteiger partial charge in [-0.05, 0) is 24.5 Å². The summed E-state index contributed by atoms with van der Waals surface area (Å²) in [5.41, 5.74) is 9.32. The van der Waals surface area contributed by atoms with E-state index in [1.165, 1.54) is 0 Å². The van der Waals surface area contributed by atoms with Gasteiger partial charge in [-0.15, -0.1) is 11.3 Å². The lowest BCUT2D eigenvalue weighted by Gasteiger charge is -2.40. The van der Waals surface area contributed by atoms with Crippen LogP contribution in [0.1, 0.15) is 39.2 Å². The monoisotopic (exact) mass is 422 g/mol. The van der Waals surface area contributed by atoms with E-state index in [1.54, 1.807) is 30.3 Å². The van der Waals surface area contributed by atoms with Crippen molar-refractivity contribution in [2.24, 2.45) is 10.7 Å². The Kier molecular flexibility index (Phi) is 5.75. The average Bonchev–Trinajstić information content (AvgIpc) is 3.15. The topological polar surface area (TPSA) is 89.0 Å². The minimum absolute atomic E-state index is 0.0331. The van der Waals surface area contributed by atoms with Gasteiger partial charge in [-0.1, -0.05) is 18.2 Å². The van der Waals surface area contributed by atoms with Crippen LogP contribution in [0.5, 0.6) is 0 Å². The Hall–Kier alpha value is -2.89. The number of amides is 1. The lowest BCUT2D eigenvalue weighted by atomic mass is 10.1. The number of rotatable bonds is 3. The summed E-state index contributed by atoms with van der Waals surface area (Å²) < 4.78 is 0. The van der Waals surface area contributed by atoms with Gasteiger partial charge in [0.1, 0.15) is 0 Å². The second-order valence-electron chi connectivity index (χ2n) is 8.01. The van der Waals surface area contributed by atoms with Crippen molar-refractivity contribution in [3.63, 3.8) is 0 Å². The van der Waals surface area contributed by atoms with Crippen molar-refractivity contribution in [2.75, 3.05) is 27.2 Å². The van der Waals surface area contributed by atoms with Gasteiger partial charge in [0.15, 0.2) is 0 Å². The Morgan fingerprint density at radius 3 is 2.93 bits per heavy atom.